The van der Waals surface area contributed by atoms with Crippen LogP contribution in [-0.4, -0.2) is 30.1 Å². The summed E-state index contributed by atoms with van der Waals surface area (Å²) >= 11 is 0. The van der Waals surface area contributed by atoms with E-state index < -0.39 is 0 Å². The fourth-order valence-corrected chi connectivity index (χ4v) is 1.55. The average molecular weight is 198 g/mol. The van der Waals surface area contributed by atoms with Crippen LogP contribution in [0.3, 0.4) is 0 Å². The smallest absolute Gasteiger partial charge is 0.0160 e. The Bertz CT molecular complexity index is 147. The first-order valence-electron chi connectivity index (χ1n) is 5.61. The van der Waals surface area contributed by atoms with E-state index in [0.717, 1.165) is 26.1 Å². The SMILES string of the molecule is C=CCN(CCC)CCCC(C)(C)N. The molecule has 0 aliphatic carbocycles. The predicted octanol–water partition coefficient (Wildman–Crippen LogP) is 2.40. The van der Waals surface area contributed by atoms with Gasteiger partial charge in [-0.15, -0.1) is 6.58 Å². The summed E-state index contributed by atoms with van der Waals surface area (Å²) in [6, 6.07) is 0. The van der Waals surface area contributed by atoms with Crippen molar-refractivity contribution in [3.63, 3.8) is 0 Å². The lowest BCUT2D eigenvalue weighted by atomic mass is 10.00. The molecule has 0 rings (SSSR count). The van der Waals surface area contributed by atoms with Crippen LogP contribution in [0.1, 0.15) is 40.0 Å². The first kappa shape index (κ1) is 13.7. The maximum atomic E-state index is 5.93. The number of hydrogen-bond donors (Lipinski definition) is 1. The first-order valence-corrected chi connectivity index (χ1v) is 5.61. The molecule has 0 atom stereocenters. The molecular weight excluding hydrogens is 172 g/mol. The monoisotopic (exact) mass is 198 g/mol. The van der Waals surface area contributed by atoms with E-state index in [1.54, 1.807) is 0 Å². The minimum Gasteiger partial charge on any atom is -0.326 e. The van der Waals surface area contributed by atoms with Crippen LogP contribution >= 0.6 is 0 Å². The summed E-state index contributed by atoms with van der Waals surface area (Å²) in [4.78, 5) is 2.43. The Labute approximate surface area is 89.2 Å². The molecule has 14 heavy (non-hydrogen) atoms. The zero-order chi connectivity index (χ0) is 11.0. The van der Waals surface area contributed by atoms with E-state index in [4.69, 9.17) is 5.73 Å². The van der Waals surface area contributed by atoms with Crippen molar-refractivity contribution in [3.8, 4) is 0 Å². The van der Waals surface area contributed by atoms with Crippen molar-refractivity contribution in [1.82, 2.24) is 4.90 Å². The van der Waals surface area contributed by atoms with Crippen molar-refractivity contribution in [2.45, 2.75) is 45.6 Å². The van der Waals surface area contributed by atoms with E-state index in [0.29, 0.717) is 0 Å². The zero-order valence-corrected chi connectivity index (χ0v) is 10.1. The van der Waals surface area contributed by atoms with Gasteiger partial charge in [-0.05, 0) is 46.2 Å². The van der Waals surface area contributed by atoms with E-state index in [9.17, 15) is 0 Å². The van der Waals surface area contributed by atoms with Crippen molar-refractivity contribution in [2.75, 3.05) is 19.6 Å². The topological polar surface area (TPSA) is 29.3 Å². The second-order valence-electron chi connectivity index (χ2n) is 4.68. The van der Waals surface area contributed by atoms with Gasteiger partial charge < -0.3 is 5.73 Å². The Kier molecular flexibility index (Phi) is 6.85. The molecule has 0 saturated heterocycles. The van der Waals surface area contributed by atoms with Crippen LogP contribution in [0.25, 0.3) is 0 Å². The summed E-state index contributed by atoms with van der Waals surface area (Å²) in [7, 11) is 0. The van der Waals surface area contributed by atoms with E-state index in [-0.39, 0.29) is 5.54 Å². The van der Waals surface area contributed by atoms with E-state index in [1.165, 1.54) is 12.8 Å². The average Bonchev–Trinajstić information content (AvgIpc) is 2.02. The summed E-state index contributed by atoms with van der Waals surface area (Å²) < 4.78 is 0. The molecule has 0 heterocycles. The first-order chi connectivity index (χ1) is 6.49. The molecule has 0 aromatic carbocycles. The van der Waals surface area contributed by atoms with Crippen molar-refractivity contribution in [2.24, 2.45) is 5.73 Å². The highest BCUT2D eigenvalue weighted by atomic mass is 15.1. The Morgan fingerprint density at radius 3 is 2.43 bits per heavy atom. The molecule has 0 aliphatic rings. The molecule has 2 N–H and O–H groups in total. The van der Waals surface area contributed by atoms with Crippen molar-refractivity contribution < 1.29 is 0 Å². The third kappa shape index (κ3) is 8.27. The van der Waals surface area contributed by atoms with Gasteiger partial charge >= 0.3 is 0 Å². The quantitative estimate of drug-likeness (QED) is 0.607. The maximum Gasteiger partial charge on any atom is 0.0160 e. The molecule has 84 valence electrons. The highest BCUT2D eigenvalue weighted by Gasteiger charge is 2.10. The van der Waals surface area contributed by atoms with Gasteiger partial charge in [-0.3, -0.25) is 4.90 Å². The summed E-state index contributed by atoms with van der Waals surface area (Å²) in [6.07, 6.45) is 5.45. The molecule has 0 bridgehead atoms. The highest BCUT2D eigenvalue weighted by Crippen LogP contribution is 2.08. The van der Waals surface area contributed by atoms with Gasteiger partial charge in [0.15, 0.2) is 0 Å². The van der Waals surface area contributed by atoms with E-state index >= 15 is 0 Å². The lowest BCUT2D eigenvalue weighted by Crippen LogP contribution is -2.34. The Morgan fingerprint density at radius 2 is 2.00 bits per heavy atom. The third-order valence-corrected chi connectivity index (χ3v) is 2.22. The molecule has 0 spiro atoms. The summed E-state index contributed by atoms with van der Waals surface area (Å²) in [5.74, 6) is 0. The third-order valence-electron chi connectivity index (χ3n) is 2.22. The van der Waals surface area contributed by atoms with Crippen LogP contribution in [0, 0.1) is 0 Å². The van der Waals surface area contributed by atoms with Gasteiger partial charge in [-0.25, -0.2) is 0 Å². The number of nitrogens with two attached hydrogens (primary N) is 1. The number of rotatable bonds is 8. The van der Waals surface area contributed by atoms with Gasteiger partial charge in [0.05, 0.1) is 0 Å². The van der Waals surface area contributed by atoms with Crippen LogP contribution in [-0.2, 0) is 0 Å². The van der Waals surface area contributed by atoms with E-state index in [1.807, 2.05) is 6.08 Å². The standard InChI is InChI=1S/C12H26N2/c1-5-9-14(10-6-2)11-7-8-12(3,4)13/h5H,1,6-11,13H2,2-4H3. The number of hydrogen-bond acceptors (Lipinski definition) is 2. The van der Waals surface area contributed by atoms with Gasteiger partial charge in [0.1, 0.15) is 0 Å². The van der Waals surface area contributed by atoms with Crippen LogP contribution in [0.5, 0.6) is 0 Å². The molecule has 0 radical (unpaired) electrons. The number of nitrogens with zero attached hydrogens (tertiary/aromatic N) is 1. The van der Waals surface area contributed by atoms with Crippen LogP contribution in [0.15, 0.2) is 12.7 Å². The Morgan fingerprint density at radius 1 is 1.36 bits per heavy atom. The second kappa shape index (κ2) is 7.02. The normalized spacial score (nSPS) is 12.1. The van der Waals surface area contributed by atoms with Gasteiger partial charge in [0, 0.05) is 12.1 Å². The Balaban J connectivity index is 3.65. The lowest BCUT2D eigenvalue weighted by molar-refractivity contribution is 0.284. The molecule has 2 heteroatoms. The van der Waals surface area contributed by atoms with Crippen molar-refractivity contribution >= 4 is 0 Å². The van der Waals surface area contributed by atoms with E-state index in [2.05, 4.69) is 32.3 Å². The molecule has 0 aromatic rings. The predicted molar refractivity (Wildman–Crippen MR) is 64.4 cm³/mol. The largest absolute Gasteiger partial charge is 0.326 e. The fraction of sp³-hybridized carbons (Fsp3) is 0.833. The van der Waals surface area contributed by atoms with Crippen molar-refractivity contribution in [1.29, 1.82) is 0 Å². The van der Waals surface area contributed by atoms with Gasteiger partial charge in [-0.2, -0.15) is 0 Å². The summed E-state index contributed by atoms with van der Waals surface area (Å²) in [5, 5.41) is 0. The Hall–Kier alpha value is -0.340. The molecule has 0 unspecified atom stereocenters. The van der Waals surface area contributed by atoms with Crippen molar-refractivity contribution in [3.05, 3.63) is 12.7 Å². The minimum atomic E-state index is -0.0218. The van der Waals surface area contributed by atoms with Crippen LogP contribution in [0.4, 0.5) is 0 Å². The van der Waals surface area contributed by atoms with Crippen LogP contribution < -0.4 is 5.73 Å². The lowest BCUT2D eigenvalue weighted by Gasteiger charge is -2.23. The molecule has 0 saturated carbocycles. The molecular formula is C12H26N2. The summed E-state index contributed by atoms with van der Waals surface area (Å²) in [6.45, 7) is 13.5. The highest BCUT2D eigenvalue weighted by molar-refractivity contribution is 4.76. The van der Waals surface area contributed by atoms with Gasteiger partial charge in [0.25, 0.3) is 0 Å². The second-order valence-corrected chi connectivity index (χ2v) is 4.68. The molecule has 0 amide bonds. The zero-order valence-electron chi connectivity index (χ0n) is 10.1. The van der Waals surface area contributed by atoms with Crippen LogP contribution in [0.2, 0.25) is 0 Å². The fourth-order valence-electron chi connectivity index (χ4n) is 1.55. The molecule has 0 fully saturated rings. The summed E-state index contributed by atoms with van der Waals surface area (Å²) in [5.41, 5.74) is 5.91. The molecule has 2 nitrogen and oxygen atoms in total. The molecule has 0 aromatic heterocycles. The maximum absolute atomic E-state index is 5.93. The minimum absolute atomic E-state index is 0.0218. The van der Waals surface area contributed by atoms with Gasteiger partial charge in [-0.1, -0.05) is 13.0 Å². The van der Waals surface area contributed by atoms with Gasteiger partial charge in [0.2, 0.25) is 0 Å². The molecule has 0 aliphatic heterocycles.